The van der Waals surface area contributed by atoms with Gasteiger partial charge in [0.2, 0.25) is 0 Å². The summed E-state index contributed by atoms with van der Waals surface area (Å²) in [4.78, 5) is 19.4. The van der Waals surface area contributed by atoms with E-state index in [1.54, 1.807) is 24.3 Å². The number of rotatable bonds is 2. The van der Waals surface area contributed by atoms with E-state index < -0.39 is 0 Å². The van der Waals surface area contributed by atoms with E-state index in [-0.39, 0.29) is 17.4 Å². The molecule has 6 heteroatoms. The lowest BCUT2D eigenvalue weighted by atomic mass is 9.83. The number of phenols is 1. The third-order valence-corrected chi connectivity index (χ3v) is 7.76. The van der Waals surface area contributed by atoms with Crippen LogP contribution in [0.4, 0.5) is 0 Å². The molecule has 0 unspecified atom stereocenters. The lowest BCUT2D eigenvalue weighted by Gasteiger charge is -2.30. The molecule has 0 saturated heterocycles. The van der Waals surface area contributed by atoms with Gasteiger partial charge in [-0.3, -0.25) is 9.36 Å². The predicted octanol–water partition coefficient (Wildman–Crippen LogP) is 4.79. The van der Waals surface area contributed by atoms with Crippen molar-refractivity contribution in [3.63, 3.8) is 0 Å². The van der Waals surface area contributed by atoms with Gasteiger partial charge in [0.05, 0.1) is 16.3 Å². The second-order valence-corrected chi connectivity index (χ2v) is 10.2. The van der Waals surface area contributed by atoms with Crippen molar-refractivity contribution in [2.24, 2.45) is 4.99 Å². The number of allylic oxidation sites excluding steroid dienone is 1. The topological polar surface area (TPSA) is 54.6 Å². The van der Waals surface area contributed by atoms with Crippen LogP contribution in [0.1, 0.15) is 34.7 Å². The second kappa shape index (κ2) is 7.97. The van der Waals surface area contributed by atoms with Gasteiger partial charge in [-0.25, -0.2) is 4.99 Å². The maximum absolute atomic E-state index is 13.7. The van der Waals surface area contributed by atoms with Gasteiger partial charge in [-0.1, -0.05) is 75.8 Å². The highest BCUT2D eigenvalue weighted by molar-refractivity contribution is 9.10. The van der Waals surface area contributed by atoms with E-state index in [9.17, 15) is 9.90 Å². The van der Waals surface area contributed by atoms with Gasteiger partial charge < -0.3 is 5.11 Å². The SMILES string of the molecule is O=c1/c(=C\c2ccc(O)cc2)sc2n1[C@H](c1ccc(Br)cc1)C1=C(N=2)c2ccccc2CC1. The molecule has 1 aliphatic heterocycles. The summed E-state index contributed by atoms with van der Waals surface area (Å²) in [5.74, 6) is 0.204. The number of nitrogens with zero attached hydrogens (tertiary/aromatic N) is 2. The summed E-state index contributed by atoms with van der Waals surface area (Å²) < 4.78 is 3.50. The molecule has 1 aromatic heterocycles. The van der Waals surface area contributed by atoms with Crippen LogP contribution >= 0.6 is 27.3 Å². The Morgan fingerprint density at radius 2 is 1.76 bits per heavy atom. The average molecular weight is 515 g/mol. The predicted molar refractivity (Wildman–Crippen MR) is 135 cm³/mol. The van der Waals surface area contributed by atoms with Crippen molar-refractivity contribution in [3.05, 3.63) is 125 Å². The number of hydrogen-bond acceptors (Lipinski definition) is 4. The first-order valence-corrected chi connectivity index (χ1v) is 12.4. The largest absolute Gasteiger partial charge is 0.508 e. The molecule has 162 valence electrons. The van der Waals surface area contributed by atoms with Crippen LogP contribution in [0.2, 0.25) is 0 Å². The number of hydrogen-bond donors (Lipinski definition) is 1. The zero-order valence-corrected chi connectivity index (χ0v) is 19.9. The van der Waals surface area contributed by atoms with Gasteiger partial charge in [0.1, 0.15) is 5.75 Å². The summed E-state index contributed by atoms with van der Waals surface area (Å²) in [5.41, 5.74) is 6.58. The smallest absolute Gasteiger partial charge is 0.271 e. The van der Waals surface area contributed by atoms with Crippen molar-refractivity contribution in [3.8, 4) is 5.75 Å². The molecule has 0 saturated carbocycles. The van der Waals surface area contributed by atoms with Crippen LogP contribution in [-0.2, 0) is 6.42 Å². The Morgan fingerprint density at radius 1 is 1.00 bits per heavy atom. The van der Waals surface area contributed by atoms with E-state index in [0.717, 1.165) is 39.7 Å². The van der Waals surface area contributed by atoms with Gasteiger partial charge in [-0.2, -0.15) is 0 Å². The van der Waals surface area contributed by atoms with Crippen molar-refractivity contribution < 1.29 is 5.11 Å². The van der Waals surface area contributed by atoms with Crippen LogP contribution < -0.4 is 14.9 Å². The maximum Gasteiger partial charge on any atom is 0.271 e. The average Bonchev–Trinajstić information content (AvgIpc) is 3.14. The summed E-state index contributed by atoms with van der Waals surface area (Å²) in [7, 11) is 0. The maximum atomic E-state index is 13.7. The van der Waals surface area contributed by atoms with Gasteiger partial charge >= 0.3 is 0 Å². The summed E-state index contributed by atoms with van der Waals surface area (Å²) in [6.07, 6.45) is 3.69. The number of halogens is 1. The molecule has 0 bridgehead atoms. The number of aromatic nitrogens is 1. The van der Waals surface area contributed by atoms with Crippen LogP contribution in [0.3, 0.4) is 0 Å². The van der Waals surface area contributed by atoms with E-state index in [0.29, 0.717) is 9.33 Å². The van der Waals surface area contributed by atoms with E-state index in [1.807, 2.05) is 22.8 Å². The third kappa shape index (κ3) is 3.50. The molecule has 1 N–H and O–H groups in total. The minimum Gasteiger partial charge on any atom is -0.508 e. The van der Waals surface area contributed by atoms with Gasteiger partial charge in [0.15, 0.2) is 4.80 Å². The molecule has 0 radical (unpaired) electrons. The molecule has 0 spiro atoms. The van der Waals surface area contributed by atoms with E-state index in [2.05, 4.69) is 52.3 Å². The van der Waals surface area contributed by atoms with Crippen LogP contribution in [-0.4, -0.2) is 9.67 Å². The summed E-state index contributed by atoms with van der Waals surface area (Å²) in [6.45, 7) is 0. The third-order valence-electron chi connectivity index (χ3n) is 6.25. The molecule has 0 amide bonds. The Labute approximate surface area is 202 Å². The monoisotopic (exact) mass is 514 g/mol. The fraction of sp³-hybridized carbons (Fsp3) is 0.111. The molecule has 2 aliphatic rings. The van der Waals surface area contributed by atoms with Crippen LogP contribution in [0.5, 0.6) is 5.75 Å². The Balaban J connectivity index is 1.62. The standard InChI is InChI=1S/C27H19BrN2O2S/c28-19-10-7-18(8-11-19)25-22-14-9-17-3-1-2-4-21(17)24(22)29-27-30(25)26(32)23(33-27)15-16-5-12-20(31)13-6-16/h1-8,10-13,15,25,31H,9,14H2/b23-15+/t25-/m1/s1. The van der Waals surface area contributed by atoms with Crippen molar-refractivity contribution in [2.45, 2.75) is 18.9 Å². The van der Waals surface area contributed by atoms with Gasteiger partial charge in [0.25, 0.3) is 5.56 Å². The highest BCUT2D eigenvalue weighted by atomic mass is 79.9. The number of fused-ring (bicyclic) bond motifs is 3. The lowest BCUT2D eigenvalue weighted by Crippen LogP contribution is -2.38. The van der Waals surface area contributed by atoms with Gasteiger partial charge in [-0.15, -0.1) is 0 Å². The van der Waals surface area contributed by atoms with E-state index in [1.165, 1.54) is 22.5 Å². The molecule has 1 atom stereocenters. The zero-order valence-electron chi connectivity index (χ0n) is 17.5. The summed E-state index contributed by atoms with van der Waals surface area (Å²) in [5, 5.41) is 9.59. The molecular weight excluding hydrogens is 496 g/mol. The Hall–Kier alpha value is -3.22. The number of thiazole rings is 1. The van der Waals surface area contributed by atoms with Gasteiger partial charge in [-0.05, 0) is 65.4 Å². The van der Waals surface area contributed by atoms with E-state index in [4.69, 9.17) is 4.99 Å². The Kier molecular flexibility index (Phi) is 4.93. The first-order valence-electron chi connectivity index (χ1n) is 10.8. The highest BCUT2D eigenvalue weighted by Gasteiger charge is 2.32. The Bertz CT molecular complexity index is 1600. The normalized spacial score (nSPS) is 17.2. The minimum absolute atomic E-state index is 0.0369. The molecule has 6 rings (SSSR count). The van der Waals surface area contributed by atoms with Crippen molar-refractivity contribution in [2.75, 3.05) is 0 Å². The molecule has 2 heterocycles. The molecule has 33 heavy (non-hydrogen) atoms. The lowest BCUT2D eigenvalue weighted by molar-refractivity contribution is 0.475. The first-order chi connectivity index (χ1) is 16.1. The van der Waals surface area contributed by atoms with Crippen LogP contribution in [0.25, 0.3) is 11.8 Å². The fourth-order valence-electron chi connectivity index (χ4n) is 4.69. The number of aromatic hydroxyl groups is 1. The number of aryl methyl sites for hydroxylation is 1. The minimum atomic E-state index is -0.181. The second-order valence-electron chi connectivity index (χ2n) is 8.26. The van der Waals surface area contributed by atoms with Crippen LogP contribution in [0, 0.1) is 0 Å². The van der Waals surface area contributed by atoms with Crippen molar-refractivity contribution in [1.29, 1.82) is 0 Å². The Morgan fingerprint density at radius 3 is 2.55 bits per heavy atom. The molecule has 4 aromatic rings. The summed E-state index contributed by atoms with van der Waals surface area (Å²) in [6, 6.07) is 23.3. The zero-order chi connectivity index (χ0) is 22.5. The number of benzene rings is 3. The molecule has 1 aliphatic carbocycles. The van der Waals surface area contributed by atoms with Crippen LogP contribution in [0.15, 0.2) is 92.6 Å². The van der Waals surface area contributed by atoms with Gasteiger partial charge in [0, 0.05) is 10.0 Å². The first kappa shape index (κ1) is 20.4. The quantitative estimate of drug-likeness (QED) is 0.418. The molecular formula is C27H19BrN2O2S. The van der Waals surface area contributed by atoms with Crippen molar-refractivity contribution in [1.82, 2.24) is 4.57 Å². The van der Waals surface area contributed by atoms with E-state index >= 15 is 0 Å². The fourth-order valence-corrected chi connectivity index (χ4v) is 5.95. The molecule has 3 aromatic carbocycles. The molecule has 4 nitrogen and oxygen atoms in total. The summed E-state index contributed by atoms with van der Waals surface area (Å²) >= 11 is 4.95. The highest BCUT2D eigenvalue weighted by Crippen LogP contribution is 2.41. The molecule has 0 fully saturated rings. The number of phenolic OH excluding ortho intramolecular Hbond substituents is 1. The van der Waals surface area contributed by atoms with Crippen molar-refractivity contribution >= 4 is 39.0 Å².